The van der Waals surface area contributed by atoms with Crippen molar-refractivity contribution >= 4 is 5.97 Å². The van der Waals surface area contributed by atoms with E-state index in [-0.39, 0.29) is 12.5 Å². The Morgan fingerprint density at radius 3 is 2.68 bits per heavy atom. The predicted octanol–water partition coefficient (Wildman–Crippen LogP) is 5.35. The monoisotopic (exact) mass is 348 g/mol. The van der Waals surface area contributed by atoms with Gasteiger partial charge >= 0.3 is 5.97 Å². The summed E-state index contributed by atoms with van der Waals surface area (Å²) in [7, 11) is 0. The molecule has 0 radical (unpaired) electrons. The Morgan fingerprint density at radius 1 is 1.16 bits per heavy atom. The summed E-state index contributed by atoms with van der Waals surface area (Å²) in [6.45, 7) is 2.19. The lowest BCUT2D eigenvalue weighted by molar-refractivity contribution is -0.137. The molecular formula is C22H36O3. The number of carboxylic acids is 1. The van der Waals surface area contributed by atoms with Gasteiger partial charge in [-0.3, -0.25) is 4.79 Å². The van der Waals surface area contributed by atoms with E-state index in [0.29, 0.717) is 11.8 Å². The lowest BCUT2D eigenvalue weighted by Gasteiger charge is -2.50. The van der Waals surface area contributed by atoms with E-state index in [1.807, 2.05) is 0 Å². The highest BCUT2D eigenvalue weighted by Gasteiger charge is 2.43. The Bertz CT molecular complexity index is 448. The minimum atomic E-state index is -0.705. The van der Waals surface area contributed by atoms with Crippen LogP contribution in [0.15, 0.2) is 24.3 Å². The van der Waals surface area contributed by atoms with E-state index < -0.39 is 5.97 Å². The molecule has 3 rings (SSSR count). The number of aliphatic hydroxyl groups excluding tert-OH is 1. The fourth-order valence-electron chi connectivity index (χ4n) is 4.54. The van der Waals surface area contributed by atoms with Gasteiger partial charge in [0.15, 0.2) is 0 Å². The topological polar surface area (TPSA) is 57.5 Å². The van der Waals surface area contributed by atoms with Crippen molar-refractivity contribution in [2.24, 2.45) is 23.7 Å². The highest BCUT2D eigenvalue weighted by molar-refractivity contribution is 5.66. The van der Waals surface area contributed by atoms with Gasteiger partial charge in [0.1, 0.15) is 0 Å². The van der Waals surface area contributed by atoms with Crippen LogP contribution >= 0.6 is 0 Å². The molecule has 0 spiro atoms. The van der Waals surface area contributed by atoms with Gasteiger partial charge in [0.25, 0.3) is 0 Å². The van der Waals surface area contributed by atoms with Crippen LogP contribution in [0.2, 0.25) is 0 Å². The number of carboxylic acid groups (broad SMARTS) is 1. The Balaban J connectivity index is 1.76. The van der Waals surface area contributed by atoms with E-state index in [2.05, 4.69) is 31.2 Å². The minimum Gasteiger partial charge on any atom is -0.481 e. The summed E-state index contributed by atoms with van der Waals surface area (Å²) in [6.07, 6.45) is 19.9. The van der Waals surface area contributed by atoms with Crippen LogP contribution in [0, 0.1) is 23.7 Å². The average Bonchev–Trinajstić information content (AvgIpc) is 2.55. The molecule has 142 valence electrons. The standard InChI is InChI=1S/C22H36O3/c1-2-3-6-9-20(23)13-12-18-14-17-15-19(16-17)21(18)10-7-4-5-8-11-22(24)25/h4,7,12-13,17-21,23H,2-3,5-6,8-11,14-16H2,1H3,(H,24,25)/b7-4-,13-12+/t17?,18-,19?,20?,21-/m0/s1. The molecule has 0 aromatic rings. The van der Waals surface area contributed by atoms with Crippen LogP contribution in [0.25, 0.3) is 0 Å². The summed E-state index contributed by atoms with van der Waals surface area (Å²) < 4.78 is 0. The summed E-state index contributed by atoms with van der Waals surface area (Å²) in [5, 5.41) is 18.8. The maximum Gasteiger partial charge on any atom is 0.303 e. The highest BCUT2D eigenvalue weighted by Crippen LogP contribution is 2.53. The number of rotatable bonds is 12. The molecule has 0 amide bonds. The fraction of sp³-hybridized carbons (Fsp3) is 0.773. The van der Waals surface area contributed by atoms with Crippen molar-refractivity contribution in [1.82, 2.24) is 0 Å². The molecule has 3 nitrogen and oxygen atoms in total. The van der Waals surface area contributed by atoms with Crippen LogP contribution in [-0.2, 0) is 4.79 Å². The largest absolute Gasteiger partial charge is 0.481 e. The van der Waals surface area contributed by atoms with Gasteiger partial charge in [0.05, 0.1) is 6.10 Å². The summed E-state index contributed by atoms with van der Waals surface area (Å²) in [6, 6.07) is 0. The van der Waals surface area contributed by atoms with Gasteiger partial charge in [0.2, 0.25) is 0 Å². The first kappa shape index (κ1) is 20.2. The molecule has 2 bridgehead atoms. The van der Waals surface area contributed by atoms with Gasteiger partial charge in [-0.1, -0.05) is 50.5 Å². The zero-order valence-electron chi connectivity index (χ0n) is 15.8. The molecule has 0 aromatic heterocycles. The zero-order valence-corrected chi connectivity index (χ0v) is 15.8. The predicted molar refractivity (Wildman–Crippen MR) is 102 cm³/mol. The van der Waals surface area contributed by atoms with E-state index in [1.165, 1.54) is 32.1 Å². The number of unbranched alkanes of at least 4 members (excludes halogenated alkanes) is 3. The Morgan fingerprint density at radius 2 is 1.96 bits per heavy atom. The smallest absolute Gasteiger partial charge is 0.303 e. The van der Waals surface area contributed by atoms with Crippen LogP contribution < -0.4 is 0 Å². The van der Waals surface area contributed by atoms with Crippen molar-refractivity contribution in [3.8, 4) is 0 Å². The molecule has 0 heterocycles. The summed E-state index contributed by atoms with van der Waals surface area (Å²) in [5.41, 5.74) is 0. The molecule has 25 heavy (non-hydrogen) atoms. The van der Waals surface area contributed by atoms with Crippen LogP contribution in [0.5, 0.6) is 0 Å². The van der Waals surface area contributed by atoms with E-state index in [9.17, 15) is 9.90 Å². The summed E-state index contributed by atoms with van der Waals surface area (Å²) in [4.78, 5) is 10.5. The molecular weight excluding hydrogens is 312 g/mol. The zero-order chi connectivity index (χ0) is 18.1. The quantitative estimate of drug-likeness (QED) is 0.369. The Hall–Kier alpha value is -1.09. The van der Waals surface area contributed by atoms with Crippen molar-refractivity contribution in [1.29, 1.82) is 0 Å². The number of hydrogen-bond acceptors (Lipinski definition) is 2. The number of allylic oxidation sites excluding steroid dienone is 3. The lowest BCUT2D eigenvalue weighted by atomic mass is 9.55. The lowest BCUT2D eigenvalue weighted by Crippen LogP contribution is -2.41. The summed E-state index contributed by atoms with van der Waals surface area (Å²) in [5.74, 6) is 2.38. The van der Waals surface area contributed by atoms with Gasteiger partial charge in [-0.15, -0.1) is 0 Å². The van der Waals surface area contributed by atoms with Crippen LogP contribution in [0.3, 0.4) is 0 Å². The van der Waals surface area contributed by atoms with Crippen LogP contribution in [-0.4, -0.2) is 22.3 Å². The molecule has 3 aliphatic carbocycles. The van der Waals surface area contributed by atoms with E-state index in [4.69, 9.17) is 5.11 Å². The Kier molecular flexibility index (Phi) is 8.74. The first-order valence-electron chi connectivity index (χ1n) is 10.3. The molecule has 3 saturated carbocycles. The minimum absolute atomic E-state index is 0.263. The number of hydrogen-bond donors (Lipinski definition) is 2. The molecule has 0 aromatic carbocycles. The van der Waals surface area contributed by atoms with Crippen molar-refractivity contribution in [3.63, 3.8) is 0 Å². The third kappa shape index (κ3) is 6.97. The molecule has 2 N–H and O–H groups in total. The molecule has 3 heteroatoms. The van der Waals surface area contributed by atoms with E-state index in [0.717, 1.165) is 43.9 Å². The summed E-state index contributed by atoms with van der Waals surface area (Å²) >= 11 is 0. The second-order valence-corrected chi connectivity index (χ2v) is 8.10. The second-order valence-electron chi connectivity index (χ2n) is 8.10. The maximum atomic E-state index is 10.5. The Labute approximate surface area is 153 Å². The van der Waals surface area contributed by atoms with Crippen LogP contribution in [0.4, 0.5) is 0 Å². The van der Waals surface area contributed by atoms with Crippen molar-refractivity contribution < 1.29 is 15.0 Å². The normalized spacial score (nSPS) is 29.8. The fourth-order valence-corrected chi connectivity index (χ4v) is 4.54. The van der Waals surface area contributed by atoms with Gasteiger partial charge in [-0.2, -0.15) is 0 Å². The van der Waals surface area contributed by atoms with E-state index >= 15 is 0 Å². The number of fused-ring (bicyclic) bond motifs is 2. The van der Waals surface area contributed by atoms with Gasteiger partial charge in [-0.25, -0.2) is 0 Å². The maximum absolute atomic E-state index is 10.5. The third-order valence-corrected chi connectivity index (χ3v) is 6.05. The third-order valence-electron chi connectivity index (χ3n) is 6.05. The number of aliphatic carboxylic acids is 1. The molecule has 3 fully saturated rings. The highest BCUT2D eigenvalue weighted by atomic mass is 16.4. The van der Waals surface area contributed by atoms with E-state index in [1.54, 1.807) is 0 Å². The molecule has 0 aliphatic heterocycles. The number of carbonyl (C=O) groups is 1. The molecule has 0 saturated heterocycles. The second kappa shape index (κ2) is 10.8. The number of aliphatic hydroxyl groups is 1. The first-order valence-corrected chi connectivity index (χ1v) is 10.3. The van der Waals surface area contributed by atoms with Gasteiger partial charge < -0.3 is 10.2 Å². The van der Waals surface area contributed by atoms with Crippen molar-refractivity contribution in [2.45, 2.75) is 83.7 Å². The molecule has 1 unspecified atom stereocenters. The first-order chi connectivity index (χ1) is 12.1. The van der Waals surface area contributed by atoms with Gasteiger partial charge in [-0.05, 0) is 68.6 Å². The van der Waals surface area contributed by atoms with Crippen molar-refractivity contribution in [3.05, 3.63) is 24.3 Å². The van der Waals surface area contributed by atoms with Crippen LogP contribution in [0.1, 0.15) is 77.6 Å². The molecule has 3 aliphatic rings. The average molecular weight is 349 g/mol. The van der Waals surface area contributed by atoms with Gasteiger partial charge in [0, 0.05) is 6.42 Å². The van der Waals surface area contributed by atoms with Crippen molar-refractivity contribution in [2.75, 3.05) is 0 Å². The SMILES string of the molecule is CCCCCC(O)/C=C/[C@H]1CC2CC(C2)[C@H]1C/C=C\CCCC(=O)O. The molecule has 3 atom stereocenters.